The van der Waals surface area contributed by atoms with Gasteiger partial charge in [0.15, 0.2) is 9.84 Å². The van der Waals surface area contributed by atoms with Crippen molar-refractivity contribution in [2.45, 2.75) is 31.4 Å². The van der Waals surface area contributed by atoms with Gasteiger partial charge in [-0.25, -0.2) is 21.1 Å². The molecule has 0 aliphatic carbocycles. The van der Waals surface area contributed by atoms with Gasteiger partial charge in [-0.05, 0) is 26.2 Å². The number of sulfone groups is 1. The summed E-state index contributed by atoms with van der Waals surface area (Å²) < 4.78 is 54.2. The lowest BCUT2D eigenvalue weighted by molar-refractivity contribution is -0.149. The predicted octanol–water partition coefficient (Wildman–Crippen LogP) is -0.222. The molecule has 0 aromatic heterocycles. The molecule has 1 unspecified atom stereocenters. The first-order valence-corrected chi connectivity index (χ1v) is 10.4. The number of rotatable bonds is 4. The molecule has 0 amide bonds. The first kappa shape index (κ1) is 16.7. The van der Waals surface area contributed by atoms with Crippen LogP contribution in [0, 0.1) is 5.92 Å². The van der Waals surface area contributed by atoms with Crippen molar-refractivity contribution < 1.29 is 26.4 Å². The highest BCUT2D eigenvalue weighted by molar-refractivity contribution is 7.95. The van der Waals surface area contributed by atoms with Crippen LogP contribution in [0.3, 0.4) is 0 Å². The van der Waals surface area contributed by atoms with E-state index in [1.807, 2.05) is 0 Å². The number of carbonyl (C=O) groups is 1. The van der Waals surface area contributed by atoms with Crippen molar-refractivity contribution in [3.8, 4) is 0 Å². The average molecular weight is 339 g/mol. The fourth-order valence-corrected chi connectivity index (χ4v) is 7.44. The minimum atomic E-state index is -3.67. The summed E-state index contributed by atoms with van der Waals surface area (Å²) in [5.41, 5.74) is 0. The van der Waals surface area contributed by atoms with Crippen molar-refractivity contribution in [3.05, 3.63) is 0 Å². The highest BCUT2D eigenvalue weighted by Crippen LogP contribution is 2.27. The van der Waals surface area contributed by atoms with Crippen molar-refractivity contribution in [2.24, 2.45) is 5.92 Å². The molecular weight excluding hydrogens is 318 g/mol. The highest BCUT2D eigenvalue weighted by Gasteiger charge is 2.42. The van der Waals surface area contributed by atoms with Crippen molar-refractivity contribution >= 4 is 25.8 Å². The second-order valence-corrected chi connectivity index (χ2v) is 9.96. The standard InChI is InChI=1S/C12H21NO6S2/c1-2-19-12(14)10-4-3-6-13(8-10)21(17,18)11-5-7-20(15,16)9-11/h10-11H,2-9H2,1H3/t10-,11?/m0/s1. The number of nitrogens with zero attached hydrogens (tertiary/aromatic N) is 1. The molecule has 2 fully saturated rings. The zero-order valence-electron chi connectivity index (χ0n) is 12.0. The summed E-state index contributed by atoms with van der Waals surface area (Å²) >= 11 is 0. The van der Waals surface area contributed by atoms with Crippen LogP contribution in [0.15, 0.2) is 0 Å². The first-order chi connectivity index (χ1) is 9.76. The Balaban J connectivity index is 2.08. The van der Waals surface area contributed by atoms with E-state index in [0.717, 1.165) is 0 Å². The van der Waals surface area contributed by atoms with E-state index < -0.39 is 31.0 Å². The lowest BCUT2D eigenvalue weighted by Crippen LogP contribution is -2.46. The van der Waals surface area contributed by atoms with E-state index in [4.69, 9.17) is 4.74 Å². The average Bonchev–Trinajstić information content (AvgIpc) is 2.80. The van der Waals surface area contributed by atoms with Gasteiger partial charge in [0.25, 0.3) is 0 Å². The third-order valence-corrected chi connectivity index (χ3v) is 8.25. The van der Waals surface area contributed by atoms with Gasteiger partial charge in [-0.1, -0.05) is 0 Å². The van der Waals surface area contributed by atoms with Crippen molar-refractivity contribution in [2.75, 3.05) is 31.2 Å². The van der Waals surface area contributed by atoms with Crippen LogP contribution in [0.2, 0.25) is 0 Å². The van der Waals surface area contributed by atoms with Crippen molar-refractivity contribution in [3.63, 3.8) is 0 Å². The highest BCUT2D eigenvalue weighted by atomic mass is 32.2. The normalized spacial score (nSPS) is 30.1. The van der Waals surface area contributed by atoms with E-state index in [-0.39, 0.29) is 37.0 Å². The molecule has 0 radical (unpaired) electrons. The number of hydrogen-bond donors (Lipinski definition) is 0. The second-order valence-electron chi connectivity index (χ2n) is 5.52. The first-order valence-electron chi connectivity index (χ1n) is 7.12. The monoisotopic (exact) mass is 339 g/mol. The van der Waals surface area contributed by atoms with Crippen LogP contribution < -0.4 is 0 Å². The topological polar surface area (TPSA) is 97.8 Å². The van der Waals surface area contributed by atoms with Gasteiger partial charge in [0.1, 0.15) is 0 Å². The largest absolute Gasteiger partial charge is 0.466 e. The van der Waals surface area contributed by atoms with Crippen LogP contribution in [-0.4, -0.2) is 63.6 Å². The van der Waals surface area contributed by atoms with Crippen LogP contribution in [0.5, 0.6) is 0 Å². The molecule has 122 valence electrons. The lowest BCUT2D eigenvalue weighted by atomic mass is 10.0. The van der Waals surface area contributed by atoms with Crippen molar-refractivity contribution in [1.29, 1.82) is 0 Å². The van der Waals surface area contributed by atoms with Crippen molar-refractivity contribution in [1.82, 2.24) is 4.31 Å². The summed E-state index contributed by atoms with van der Waals surface area (Å²) in [6, 6.07) is 0. The van der Waals surface area contributed by atoms with Gasteiger partial charge in [-0.15, -0.1) is 0 Å². The Morgan fingerprint density at radius 3 is 2.62 bits per heavy atom. The van der Waals surface area contributed by atoms with Gasteiger partial charge in [-0.3, -0.25) is 4.79 Å². The van der Waals surface area contributed by atoms with E-state index in [0.29, 0.717) is 19.4 Å². The molecule has 2 saturated heterocycles. The van der Waals surface area contributed by atoms with E-state index in [1.54, 1.807) is 6.92 Å². The molecule has 0 aromatic rings. The third-order valence-electron chi connectivity index (χ3n) is 3.98. The van der Waals surface area contributed by atoms with Gasteiger partial charge < -0.3 is 4.74 Å². The molecule has 2 aliphatic heterocycles. The molecule has 2 rings (SSSR count). The van der Waals surface area contributed by atoms with Gasteiger partial charge in [-0.2, -0.15) is 0 Å². The van der Waals surface area contributed by atoms with Crippen LogP contribution in [0.1, 0.15) is 26.2 Å². The van der Waals surface area contributed by atoms with E-state index in [1.165, 1.54) is 4.31 Å². The summed E-state index contributed by atoms with van der Waals surface area (Å²) in [6.07, 6.45) is 1.33. The molecule has 0 aromatic carbocycles. The lowest BCUT2D eigenvalue weighted by Gasteiger charge is -2.32. The Bertz CT molecular complexity index is 597. The van der Waals surface area contributed by atoms with Crippen LogP contribution in [-0.2, 0) is 29.4 Å². The number of hydrogen-bond acceptors (Lipinski definition) is 6. The van der Waals surface area contributed by atoms with Gasteiger partial charge in [0, 0.05) is 13.1 Å². The maximum Gasteiger partial charge on any atom is 0.310 e. The van der Waals surface area contributed by atoms with Crippen LogP contribution >= 0.6 is 0 Å². The SMILES string of the molecule is CCOC(=O)[C@H]1CCCN(S(=O)(=O)C2CCS(=O)(=O)C2)C1. The smallest absolute Gasteiger partial charge is 0.310 e. The Kier molecular flexibility index (Phi) is 4.94. The summed E-state index contributed by atoms with van der Waals surface area (Å²) in [4.78, 5) is 11.8. The molecule has 9 heteroatoms. The fourth-order valence-electron chi connectivity index (χ4n) is 2.83. The molecule has 2 heterocycles. The fraction of sp³-hybridized carbons (Fsp3) is 0.917. The van der Waals surface area contributed by atoms with E-state index in [9.17, 15) is 21.6 Å². The van der Waals surface area contributed by atoms with Gasteiger partial charge in [0.05, 0.1) is 29.3 Å². The van der Waals surface area contributed by atoms with Crippen LogP contribution in [0.25, 0.3) is 0 Å². The zero-order chi connectivity index (χ0) is 15.7. The molecule has 2 atom stereocenters. The quantitative estimate of drug-likeness (QED) is 0.657. The Labute approximate surface area is 125 Å². The summed E-state index contributed by atoms with van der Waals surface area (Å²) in [6.45, 7) is 2.41. The molecule has 0 bridgehead atoms. The van der Waals surface area contributed by atoms with Gasteiger partial charge in [0.2, 0.25) is 10.0 Å². The molecule has 21 heavy (non-hydrogen) atoms. The Morgan fingerprint density at radius 2 is 2.05 bits per heavy atom. The molecular formula is C12H21NO6S2. The number of carbonyl (C=O) groups excluding carboxylic acids is 1. The van der Waals surface area contributed by atoms with E-state index >= 15 is 0 Å². The van der Waals surface area contributed by atoms with Crippen LogP contribution in [0.4, 0.5) is 0 Å². The molecule has 0 saturated carbocycles. The Hall–Kier alpha value is -0.670. The Morgan fingerprint density at radius 1 is 1.33 bits per heavy atom. The number of esters is 1. The summed E-state index contributed by atoms with van der Waals surface area (Å²) in [5.74, 6) is -1.22. The maximum atomic E-state index is 12.5. The summed E-state index contributed by atoms with van der Waals surface area (Å²) in [5, 5.41) is -0.872. The zero-order valence-corrected chi connectivity index (χ0v) is 13.7. The van der Waals surface area contributed by atoms with E-state index in [2.05, 4.69) is 0 Å². The molecule has 7 nitrogen and oxygen atoms in total. The maximum absolute atomic E-state index is 12.5. The minimum absolute atomic E-state index is 0.0773. The molecule has 2 aliphatic rings. The predicted molar refractivity (Wildman–Crippen MR) is 76.9 cm³/mol. The second kappa shape index (κ2) is 6.21. The third kappa shape index (κ3) is 3.75. The number of sulfonamides is 1. The minimum Gasteiger partial charge on any atom is -0.466 e. The van der Waals surface area contributed by atoms with Gasteiger partial charge >= 0.3 is 5.97 Å². The molecule has 0 N–H and O–H groups in total. The number of piperidine rings is 1. The molecule has 0 spiro atoms. The number of ether oxygens (including phenoxy) is 1. The summed E-state index contributed by atoms with van der Waals surface area (Å²) in [7, 11) is -6.92.